The highest BCUT2D eigenvalue weighted by molar-refractivity contribution is 4.49. The lowest BCUT2D eigenvalue weighted by Gasteiger charge is -2.28. The first kappa shape index (κ1) is 28.4. The molecule has 0 spiro atoms. The Balaban J connectivity index is 0. The van der Waals surface area contributed by atoms with E-state index in [1.807, 2.05) is 0 Å². The summed E-state index contributed by atoms with van der Waals surface area (Å²) >= 11 is 0. The predicted octanol–water partition coefficient (Wildman–Crippen LogP) is 2.90. The molecule has 1 N–H and O–H groups in total. The maximum absolute atomic E-state index is 8.89. The van der Waals surface area contributed by atoms with Crippen molar-refractivity contribution in [1.82, 2.24) is 0 Å². The molecule has 160 valence electrons. The Morgan fingerprint density at radius 2 is 1.08 bits per heavy atom. The topological polar surface area (TPSA) is 29.5 Å². The number of ether oxygens (including phenoxy) is 1. The molecule has 0 amide bonds. The quantitative estimate of drug-likeness (QED) is 0.196. The Morgan fingerprint density at radius 3 is 1.50 bits per heavy atom. The number of quaternary nitrogens is 1. The number of nitrogens with zero attached hydrogens (tertiary/aromatic N) is 1. The zero-order chi connectivity index (χ0) is 18.6. The second-order valence-electron chi connectivity index (χ2n) is 8.37. The molecule has 26 heavy (non-hydrogen) atoms. The van der Waals surface area contributed by atoms with Crippen molar-refractivity contribution in [2.45, 2.75) is 103 Å². The van der Waals surface area contributed by atoms with E-state index in [1.54, 1.807) is 0 Å². The van der Waals surface area contributed by atoms with E-state index in [1.165, 1.54) is 89.9 Å². The van der Waals surface area contributed by atoms with Crippen LogP contribution < -0.4 is 12.4 Å². The van der Waals surface area contributed by atoms with Crippen LogP contribution in [0.5, 0.6) is 0 Å². The van der Waals surface area contributed by atoms with Gasteiger partial charge in [0.05, 0.1) is 27.2 Å². The van der Waals surface area contributed by atoms with Crippen LogP contribution in [0, 0.1) is 0 Å². The summed E-state index contributed by atoms with van der Waals surface area (Å²) in [6.07, 6.45) is 20.4. The van der Waals surface area contributed by atoms with E-state index in [0.717, 1.165) is 30.8 Å². The van der Waals surface area contributed by atoms with Gasteiger partial charge in [-0.1, -0.05) is 90.4 Å². The second kappa shape index (κ2) is 21.5. The molecule has 0 heterocycles. The summed E-state index contributed by atoms with van der Waals surface area (Å²) in [7, 11) is 4.34. The maximum Gasteiger partial charge on any atom is 0.182 e. The van der Waals surface area contributed by atoms with Gasteiger partial charge in [0.25, 0.3) is 0 Å². The van der Waals surface area contributed by atoms with Gasteiger partial charge in [-0.3, -0.25) is 0 Å². The molecule has 0 aliphatic carbocycles. The fourth-order valence-electron chi connectivity index (χ4n) is 3.27. The van der Waals surface area contributed by atoms with Gasteiger partial charge >= 0.3 is 0 Å². The highest BCUT2D eigenvalue weighted by Gasteiger charge is 2.13. The number of aliphatic hydroxyl groups excluding tert-OH is 1. The largest absolute Gasteiger partial charge is 1.00 e. The zero-order valence-electron chi connectivity index (χ0n) is 18.1. The minimum absolute atomic E-state index is 0. The minimum Gasteiger partial charge on any atom is -1.00 e. The SMILES string of the molecule is CCCCCCCCCCCCCCCCOC[N+](C)(C)CCCO.[Cl-]. The van der Waals surface area contributed by atoms with E-state index in [0.29, 0.717) is 0 Å². The molecular formula is C22H48ClNO2. The van der Waals surface area contributed by atoms with E-state index in [4.69, 9.17) is 9.84 Å². The molecule has 0 aromatic carbocycles. The van der Waals surface area contributed by atoms with Crippen molar-refractivity contribution in [2.24, 2.45) is 0 Å². The van der Waals surface area contributed by atoms with E-state index >= 15 is 0 Å². The van der Waals surface area contributed by atoms with Gasteiger partial charge in [-0.2, -0.15) is 0 Å². The van der Waals surface area contributed by atoms with Crippen LogP contribution in [-0.2, 0) is 4.74 Å². The van der Waals surface area contributed by atoms with Crippen LogP contribution in [0.25, 0.3) is 0 Å². The summed E-state index contributed by atoms with van der Waals surface area (Å²) in [5.74, 6) is 0. The Bertz CT molecular complexity index is 263. The summed E-state index contributed by atoms with van der Waals surface area (Å²) < 4.78 is 6.64. The van der Waals surface area contributed by atoms with E-state index in [-0.39, 0.29) is 19.0 Å². The van der Waals surface area contributed by atoms with Crippen molar-refractivity contribution in [1.29, 1.82) is 0 Å². The van der Waals surface area contributed by atoms with Gasteiger partial charge in [0.1, 0.15) is 0 Å². The third-order valence-corrected chi connectivity index (χ3v) is 5.00. The van der Waals surface area contributed by atoms with Gasteiger partial charge in [0.2, 0.25) is 0 Å². The number of aliphatic hydroxyl groups is 1. The summed E-state index contributed by atoms with van der Waals surface area (Å²) in [5, 5.41) is 8.89. The van der Waals surface area contributed by atoms with Crippen LogP contribution in [0.15, 0.2) is 0 Å². The van der Waals surface area contributed by atoms with Crippen molar-refractivity contribution in [3.63, 3.8) is 0 Å². The van der Waals surface area contributed by atoms with Crippen LogP contribution in [0.1, 0.15) is 103 Å². The second-order valence-corrected chi connectivity index (χ2v) is 8.37. The molecule has 0 saturated heterocycles. The van der Waals surface area contributed by atoms with E-state index in [9.17, 15) is 0 Å². The Morgan fingerprint density at radius 1 is 0.654 bits per heavy atom. The lowest BCUT2D eigenvalue weighted by molar-refractivity contribution is -0.909. The van der Waals surface area contributed by atoms with Crippen LogP contribution in [0.3, 0.4) is 0 Å². The Hall–Kier alpha value is 0.170. The molecule has 0 bridgehead atoms. The summed E-state index contributed by atoms with van der Waals surface area (Å²) in [6.45, 7) is 5.20. The highest BCUT2D eigenvalue weighted by atomic mass is 35.5. The molecular weight excluding hydrogens is 346 g/mol. The first-order chi connectivity index (χ1) is 12.1. The molecule has 0 fully saturated rings. The molecule has 3 nitrogen and oxygen atoms in total. The highest BCUT2D eigenvalue weighted by Crippen LogP contribution is 2.13. The van der Waals surface area contributed by atoms with Gasteiger partial charge in [0.15, 0.2) is 6.73 Å². The average molecular weight is 394 g/mol. The molecule has 0 aliphatic rings. The third-order valence-electron chi connectivity index (χ3n) is 5.00. The standard InChI is InChI=1S/C22H48NO2.ClH/c1-4-5-6-7-8-9-10-11-12-13-14-15-16-17-21-25-22-23(2,3)19-18-20-24;/h24H,4-22H2,1-3H3;1H/q+1;/p-1. The van der Waals surface area contributed by atoms with Crippen molar-refractivity contribution in [3.05, 3.63) is 0 Å². The lowest BCUT2D eigenvalue weighted by Crippen LogP contribution is -3.00. The van der Waals surface area contributed by atoms with Gasteiger partial charge in [-0.15, -0.1) is 0 Å². The number of hydrogen-bond acceptors (Lipinski definition) is 2. The van der Waals surface area contributed by atoms with E-state index < -0.39 is 0 Å². The van der Waals surface area contributed by atoms with Gasteiger partial charge in [-0.25, -0.2) is 0 Å². The number of halogens is 1. The van der Waals surface area contributed by atoms with Crippen LogP contribution in [0.2, 0.25) is 0 Å². The zero-order valence-corrected chi connectivity index (χ0v) is 18.9. The number of hydrogen-bond donors (Lipinski definition) is 1. The Kier molecular flexibility index (Phi) is 23.4. The van der Waals surface area contributed by atoms with Crippen molar-refractivity contribution in [3.8, 4) is 0 Å². The fourth-order valence-corrected chi connectivity index (χ4v) is 3.27. The molecule has 0 unspecified atom stereocenters. The third kappa shape index (κ3) is 22.2. The molecule has 0 rings (SSSR count). The lowest BCUT2D eigenvalue weighted by atomic mass is 10.0. The monoisotopic (exact) mass is 393 g/mol. The van der Waals surface area contributed by atoms with Crippen LogP contribution in [0.4, 0.5) is 0 Å². The van der Waals surface area contributed by atoms with Crippen LogP contribution in [-0.4, -0.2) is 50.2 Å². The average Bonchev–Trinajstić information content (AvgIpc) is 2.59. The molecule has 0 saturated carbocycles. The van der Waals surface area contributed by atoms with Gasteiger partial charge < -0.3 is 26.7 Å². The molecule has 4 heteroatoms. The van der Waals surface area contributed by atoms with Crippen LogP contribution >= 0.6 is 0 Å². The summed E-state index contributed by atoms with van der Waals surface area (Å²) in [5.41, 5.74) is 0. The molecule has 0 radical (unpaired) electrons. The smallest absolute Gasteiger partial charge is 0.182 e. The Labute approximate surface area is 170 Å². The number of rotatable bonds is 20. The summed E-state index contributed by atoms with van der Waals surface area (Å²) in [4.78, 5) is 0. The van der Waals surface area contributed by atoms with Gasteiger partial charge in [-0.05, 0) is 6.42 Å². The molecule has 0 aromatic heterocycles. The van der Waals surface area contributed by atoms with Crippen molar-refractivity contribution < 1.29 is 26.7 Å². The van der Waals surface area contributed by atoms with Gasteiger partial charge in [0, 0.05) is 13.0 Å². The summed E-state index contributed by atoms with van der Waals surface area (Å²) in [6, 6.07) is 0. The predicted molar refractivity (Wildman–Crippen MR) is 110 cm³/mol. The van der Waals surface area contributed by atoms with Crippen molar-refractivity contribution in [2.75, 3.05) is 40.6 Å². The molecule has 0 atom stereocenters. The molecule has 0 aromatic rings. The maximum atomic E-state index is 8.89. The van der Waals surface area contributed by atoms with Crippen molar-refractivity contribution >= 4 is 0 Å². The first-order valence-electron chi connectivity index (χ1n) is 11.1. The number of unbranched alkanes of at least 4 members (excludes halogenated alkanes) is 13. The molecule has 0 aliphatic heterocycles. The first-order valence-corrected chi connectivity index (χ1v) is 11.1. The van der Waals surface area contributed by atoms with E-state index in [2.05, 4.69) is 21.0 Å². The fraction of sp³-hybridized carbons (Fsp3) is 1.00. The minimum atomic E-state index is 0. The normalized spacial score (nSPS) is 11.5.